The van der Waals surface area contributed by atoms with Crippen molar-refractivity contribution >= 4 is 27.5 Å². The van der Waals surface area contributed by atoms with Crippen LogP contribution >= 0.6 is 15.9 Å². The average molecular weight is 297 g/mol. The van der Waals surface area contributed by atoms with Gasteiger partial charge in [-0.1, -0.05) is 41.8 Å². The highest BCUT2D eigenvalue weighted by Crippen LogP contribution is 2.33. The molecule has 17 heavy (non-hydrogen) atoms. The molecule has 0 fully saturated rings. The summed E-state index contributed by atoms with van der Waals surface area (Å²) >= 11 is 3.53. The van der Waals surface area contributed by atoms with Gasteiger partial charge in [0.15, 0.2) is 0 Å². The van der Waals surface area contributed by atoms with Crippen LogP contribution in [0.5, 0.6) is 0 Å². The normalized spacial score (nSPS) is 15.6. The maximum atomic E-state index is 11.3. The van der Waals surface area contributed by atoms with E-state index in [2.05, 4.69) is 34.2 Å². The molecular formula is C13H17BrN2O. The van der Waals surface area contributed by atoms with Crippen molar-refractivity contribution in [3.8, 4) is 0 Å². The summed E-state index contributed by atoms with van der Waals surface area (Å²) in [4.78, 5) is 11.3. The highest BCUT2D eigenvalue weighted by atomic mass is 79.9. The molecule has 3 N–H and O–H groups in total. The van der Waals surface area contributed by atoms with Crippen molar-refractivity contribution in [2.24, 2.45) is 5.73 Å². The highest BCUT2D eigenvalue weighted by Gasteiger charge is 2.21. The van der Waals surface area contributed by atoms with E-state index < -0.39 is 0 Å². The van der Waals surface area contributed by atoms with E-state index in [-0.39, 0.29) is 11.9 Å². The molecule has 1 aromatic rings. The maximum Gasteiger partial charge on any atom is 0.228 e. The fourth-order valence-electron chi connectivity index (χ4n) is 2.13. The summed E-state index contributed by atoms with van der Waals surface area (Å²) in [5, 5.41) is 2.84. The number of fused-ring (bicyclic) bond motifs is 1. The van der Waals surface area contributed by atoms with Crippen molar-refractivity contribution in [1.29, 1.82) is 0 Å². The molecule has 1 aliphatic rings. The second kappa shape index (κ2) is 5.19. The van der Waals surface area contributed by atoms with Crippen LogP contribution in [0.15, 0.2) is 16.6 Å². The van der Waals surface area contributed by atoms with E-state index in [0.29, 0.717) is 6.42 Å². The molecule has 92 valence electrons. The molecule has 1 unspecified atom stereocenters. The Morgan fingerprint density at radius 3 is 3.00 bits per heavy atom. The largest absolute Gasteiger partial charge is 0.325 e. The molecule has 0 spiro atoms. The van der Waals surface area contributed by atoms with Gasteiger partial charge < -0.3 is 11.1 Å². The van der Waals surface area contributed by atoms with Crippen molar-refractivity contribution in [3.05, 3.63) is 27.7 Å². The minimum absolute atomic E-state index is 0.0466. The van der Waals surface area contributed by atoms with Gasteiger partial charge in [-0.05, 0) is 23.6 Å². The van der Waals surface area contributed by atoms with Crippen LogP contribution in [0, 0.1) is 0 Å². The Morgan fingerprint density at radius 1 is 1.53 bits per heavy atom. The van der Waals surface area contributed by atoms with Crippen LogP contribution in [0.3, 0.4) is 0 Å². The minimum Gasteiger partial charge on any atom is -0.325 e. The number of carbonyl (C=O) groups is 1. The number of nitrogens with two attached hydrogens (primary N) is 1. The van der Waals surface area contributed by atoms with E-state index in [4.69, 9.17) is 5.73 Å². The Labute approximate surface area is 110 Å². The van der Waals surface area contributed by atoms with Gasteiger partial charge in [-0.25, -0.2) is 0 Å². The number of benzene rings is 1. The Bertz CT molecular complexity index is 445. The third kappa shape index (κ3) is 2.69. The van der Waals surface area contributed by atoms with Gasteiger partial charge in [0.25, 0.3) is 0 Å². The molecule has 1 aromatic carbocycles. The van der Waals surface area contributed by atoms with Gasteiger partial charge in [-0.3, -0.25) is 4.79 Å². The minimum atomic E-state index is 0.0466. The number of carbonyl (C=O) groups excluding carboxylic acids is 1. The summed E-state index contributed by atoms with van der Waals surface area (Å²) in [7, 11) is 0. The van der Waals surface area contributed by atoms with Gasteiger partial charge in [-0.15, -0.1) is 0 Å². The lowest BCUT2D eigenvalue weighted by Crippen LogP contribution is -2.11. The van der Waals surface area contributed by atoms with E-state index in [1.54, 1.807) is 0 Å². The van der Waals surface area contributed by atoms with Crippen LogP contribution < -0.4 is 11.1 Å². The third-order valence-corrected chi connectivity index (χ3v) is 3.80. The SMILES string of the molecule is CCCCC(N)c1cc2c(cc1Br)NC(=O)C2. The zero-order chi connectivity index (χ0) is 12.4. The molecule has 3 nitrogen and oxygen atoms in total. The lowest BCUT2D eigenvalue weighted by Gasteiger charge is -2.15. The van der Waals surface area contributed by atoms with Gasteiger partial charge in [0.1, 0.15) is 0 Å². The number of hydrogen-bond acceptors (Lipinski definition) is 2. The lowest BCUT2D eigenvalue weighted by atomic mass is 9.99. The highest BCUT2D eigenvalue weighted by molar-refractivity contribution is 9.10. The van der Waals surface area contributed by atoms with Crippen LogP contribution in [0.4, 0.5) is 5.69 Å². The van der Waals surface area contributed by atoms with Crippen LogP contribution in [-0.4, -0.2) is 5.91 Å². The summed E-state index contributed by atoms with van der Waals surface area (Å²) in [6.07, 6.45) is 3.73. The lowest BCUT2D eigenvalue weighted by molar-refractivity contribution is -0.115. The quantitative estimate of drug-likeness (QED) is 0.897. The summed E-state index contributed by atoms with van der Waals surface area (Å²) < 4.78 is 0.988. The van der Waals surface area contributed by atoms with Crippen molar-refractivity contribution in [1.82, 2.24) is 0 Å². The molecule has 1 aliphatic heterocycles. The summed E-state index contributed by atoms with van der Waals surface area (Å²) in [5.41, 5.74) is 9.25. The molecule has 1 heterocycles. The molecule has 1 amide bonds. The number of halogens is 1. The zero-order valence-electron chi connectivity index (χ0n) is 9.92. The van der Waals surface area contributed by atoms with E-state index in [0.717, 1.165) is 40.5 Å². The molecule has 2 rings (SSSR count). The molecule has 0 saturated carbocycles. The third-order valence-electron chi connectivity index (χ3n) is 3.12. The Morgan fingerprint density at radius 2 is 2.29 bits per heavy atom. The molecule has 0 saturated heterocycles. The second-order valence-electron chi connectivity index (χ2n) is 4.50. The molecular weight excluding hydrogens is 280 g/mol. The summed E-state index contributed by atoms with van der Waals surface area (Å²) in [6.45, 7) is 2.16. The van der Waals surface area contributed by atoms with Crippen molar-refractivity contribution in [2.45, 2.75) is 38.6 Å². The summed E-state index contributed by atoms with van der Waals surface area (Å²) in [6, 6.07) is 4.06. The van der Waals surface area contributed by atoms with Crippen molar-refractivity contribution < 1.29 is 4.79 Å². The van der Waals surface area contributed by atoms with E-state index in [9.17, 15) is 4.79 Å². The Balaban J connectivity index is 2.24. The number of hydrogen-bond donors (Lipinski definition) is 2. The van der Waals surface area contributed by atoms with Gasteiger partial charge >= 0.3 is 0 Å². The first-order valence-electron chi connectivity index (χ1n) is 5.99. The molecule has 1 atom stereocenters. The average Bonchev–Trinajstić information content (AvgIpc) is 2.64. The second-order valence-corrected chi connectivity index (χ2v) is 5.36. The van der Waals surface area contributed by atoms with Crippen LogP contribution in [0.1, 0.15) is 43.4 Å². The van der Waals surface area contributed by atoms with Crippen LogP contribution in [0.25, 0.3) is 0 Å². The molecule has 0 radical (unpaired) electrons. The zero-order valence-corrected chi connectivity index (χ0v) is 11.5. The monoisotopic (exact) mass is 296 g/mol. The number of nitrogens with one attached hydrogen (secondary N) is 1. The smallest absolute Gasteiger partial charge is 0.228 e. The van der Waals surface area contributed by atoms with Crippen molar-refractivity contribution in [3.63, 3.8) is 0 Å². The first-order valence-corrected chi connectivity index (χ1v) is 6.79. The topological polar surface area (TPSA) is 55.1 Å². The van der Waals surface area contributed by atoms with Gasteiger partial charge in [0.2, 0.25) is 5.91 Å². The molecule has 0 aliphatic carbocycles. The van der Waals surface area contributed by atoms with Gasteiger partial charge in [0, 0.05) is 16.2 Å². The standard InChI is InChI=1S/C13H17BrN2O/c1-2-3-4-11(15)9-5-8-6-13(17)16-12(8)7-10(9)14/h5,7,11H,2-4,6,15H2,1H3,(H,16,17). The Kier molecular flexibility index (Phi) is 3.84. The van der Waals surface area contributed by atoms with E-state index in [1.807, 2.05) is 6.07 Å². The molecule has 0 aromatic heterocycles. The Hall–Kier alpha value is -0.870. The van der Waals surface area contributed by atoms with Crippen LogP contribution in [0.2, 0.25) is 0 Å². The number of amides is 1. The van der Waals surface area contributed by atoms with Crippen molar-refractivity contribution in [2.75, 3.05) is 5.32 Å². The fourth-order valence-corrected chi connectivity index (χ4v) is 2.77. The van der Waals surface area contributed by atoms with E-state index >= 15 is 0 Å². The predicted octanol–water partition coefficient (Wildman–Crippen LogP) is 3.13. The first-order chi connectivity index (χ1) is 8.11. The summed E-state index contributed by atoms with van der Waals surface area (Å²) in [5.74, 6) is 0.0613. The van der Waals surface area contributed by atoms with E-state index in [1.165, 1.54) is 0 Å². The predicted molar refractivity (Wildman–Crippen MR) is 72.9 cm³/mol. The molecule has 4 heteroatoms. The number of rotatable bonds is 4. The fraction of sp³-hybridized carbons (Fsp3) is 0.462. The first kappa shape index (κ1) is 12.6. The number of anilines is 1. The van der Waals surface area contributed by atoms with Crippen LogP contribution in [-0.2, 0) is 11.2 Å². The van der Waals surface area contributed by atoms with Gasteiger partial charge in [-0.2, -0.15) is 0 Å². The number of unbranched alkanes of at least 4 members (excludes halogenated alkanes) is 1. The maximum absolute atomic E-state index is 11.3. The van der Waals surface area contributed by atoms with Gasteiger partial charge in [0.05, 0.1) is 6.42 Å². The molecule has 0 bridgehead atoms.